The molecule has 0 rings (SSSR count). The predicted octanol–water partition coefficient (Wildman–Crippen LogP) is 1.39. The number of hydrogen-bond donors (Lipinski definition) is 1. The molecule has 0 aromatic carbocycles. The Kier molecular flexibility index (Phi) is 8.88. The standard InChI is InChI=1S/C9H22N2O/c1-11(12-2)9-7-5-3-4-6-8-10/h3-10H2,1-2H3. The highest BCUT2D eigenvalue weighted by Gasteiger charge is 1.94. The summed E-state index contributed by atoms with van der Waals surface area (Å²) in [5, 5.41) is 1.86. The lowest BCUT2D eigenvalue weighted by atomic mass is 10.1. The lowest BCUT2D eigenvalue weighted by molar-refractivity contribution is -0.109. The third-order valence-electron chi connectivity index (χ3n) is 1.99. The molecule has 0 aliphatic rings. The molecule has 0 saturated carbocycles. The van der Waals surface area contributed by atoms with Crippen molar-refractivity contribution >= 4 is 0 Å². The largest absolute Gasteiger partial charge is 0.330 e. The first-order chi connectivity index (χ1) is 5.81. The molecule has 0 aliphatic carbocycles. The maximum Gasteiger partial charge on any atom is 0.0575 e. The second-order valence-electron chi connectivity index (χ2n) is 3.09. The highest BCUT2D eigenvalue weighted by molar-refractivity contribution is 4.46. The molecule has 2 N–H and O–H groups in total. The van der Waals surface area contributed by atoms with Gasteiger partial charge in [0.1, 0.15) is 0 Å². The van der Waals surface area contributed by atoms with Crippen LogP contribution in [0.2, 0.25) is 0 Å². The molecule has 0 saturated heterocycles. The van der Waals surface area contributed by atoms with Gasteiger partial charge in [0, 0.05) is 13.6 Å². The lowest BCUT2D eigenvalue weighted by Crippen LogP contribution is -2.17. The van der Waals surface area contributed by atoms with Crippen molar-refractivity contribution in [2.24, 2.45) is 5.73 Å². The molecule has 0 radical (unpaired) electrons. The molecular weight excluding hydrogens is 152 g/mol. The van der Waals surface area contributed by atoms with Gasteiger partial charge in [-0.1, -0.05) is 19.3 Å². The molecule has 12 heavy (non-hydrogen) atoms. The van der Waals surface area contributed by atoms with Gasteiger partial charge in [0.2, 0.25) is 0 Å². The smallest absolute Gasteiger partial charge is 0.0575 e. The Bertz CT molecular complexity index is 88.6. The number of hydrogen-bond acceptors (Lipinski definition) is 3. The van der Waals surface area contributed by atoms with Crippen LogP contribution in [0.25, 0.3) is 0 Å². The Morgan fingerprint density at radius 3 is 2.25 bits per heavy atom. The van der Waals surface area contributed by atoms with E-state index in [4.69, 9.17) is 10.6 Å². The fourth-order valence-electron chi connectivity index (χ4n) is 1.10. The van der Waals surface area contributed by atoms with E-state index < -0.39 is 0 Å². The van der Waals surface area contributed by atoms with Crippen molar-refractivity contribution in [2.75, 3.05) is 27.2 Å². The van der Waals surface area contributed by atoms with Crippen molar-refractivity contribution in [3.8, 4) is 0 Å². The number of nitrogens with two attached hydrogens (primary N) is 1. The Labute approximate surface area is 75.8 Å². The summed E-state index contributed by atoms with van der Waals surface area (Å²) in [5.74, 6) is 0. The van der Waals surface area contributed by atoms with Crippen LogP contribution in [-0.4, -0.2) is 32.3 Å². The van der Waals surface area contributed by atoms with Gasteiger partial charge in [0.15, 0.2) is 0 Å². The minimum Gasteiger partial charge on any atom is -0.330 e. The Hall–Kier alpha value is -0.120. The molecule has 3 nitrogen and oxygen atoms in total. The van der Waals surface area contributed by atoms with E-state index in [1.165, 1.54) is 32.1 Å². The highest BCUT2D eigenvalue weighted by atomic mass is 16.7. The molecule has 0 aromatic rings. The fourth-order valence-corrected chi connectivity index (χ4v) is 1.10. The van der Waals surface area contributed by atoms with E-state index in [0.717, 1.165) is 13.1 Å². The van der Waals surface area contributed by atoms with Gasteiger partial charge in [0.25, 0.3) is 0 Å². The zero-order chi connectivity index (χ0) is 9.23. The first-order valence-corrected chi connectivity index (χ1v) is 4.76. The van der Waals surface area contributed by atoms with Gasteiger partial charge in [-0.3, -0.25) is 0 Å². The van der Waals surface area contributed by atoms with Crippen LogP contribution in [0.15, 0.2) is 0 Å². The minimum absolute atomic E-state index is 0.831. The molecule has 0 amide bonds. The molecular formula is C9H22N2O. The Morgan fingerprint density at radius 2 is 1.67 bits per heavy atom. The van der Waals surface area contributed by atoms with Gasteiger partial charge in [0.05, 0.1) is 7.11 Å². The van der Waals surface area contributed by atoms with E-state index in [0.29, 0.717) is 0 Å². The van der Waals surface area contributed by atoms with E-state index in [1.807, 2.05) is 12.1 Å². The van der Waals surface area contributed by atoms with Gasteiger partial charge < -0.3 is 10.6 Å². The predicted molar refractivity (Wildman–Crippen MR) is 51.8 cm³/mol. The van der Waals surface area contributed by atoms with Crippen LogP contribution in [0.5, 0.6) is 0 Å². The number of nitrogens with zero attached hydrogens (tertiary/aromatic N) is 1. The van der Waals surface area contributed by atoms with Gasteiger partial charge in [-0.05, 0) is 19.4 Å². The van der Waals surface area contributed by atoms with Crippen molar-refractivity contribution in [3.05, 3.63) is 0 Å². The van der Waals surface area contributed by atoms with Gasteiger partial charge in [-0.25, -0.2) is 0 Å². The molecule has 0 heterocycles. The molecule has 3 heteroatoms. The summed E-state index contributed by atoms with van der Waals surface area (Å²) in [6.07, 6.45) is 6.24. The van der Waals surface area contributed by atoms with E-state index in [2.05, 4.69) is 0 Å². The summed E-state index contributed by atoms with van der Waals surface area (Å²) in [5.41, 5.74) is 5.38. The van der Waals surface area contributed by atoms with Crippen molar-refractivity contribution < 1.29 is 4.84 Å². The van der Waals surface area contributed by atoms with Crippen LogP contribution in [0.3, 0.4) is 0 Å². The summed E-state index contributed by atoms with van der Waals surface area (Å²) in [6.45, 7) is 1.86. The van der Waals surface area contributed by atoms with Crippen LogP contribution < -0.4 is 5.73 Å². The Morgan fingerprint density at radius 1 is 1.08 bits per heavy atom. The molecule has 0 unspecified atom stereocenters. The summed E-state index contributed by atoms with van der Waals surface area (Å²) in [6, 6.07) is 0. The topological polar surface area (TPSA) is 38.5 Å². The normalized spacial score (nSPS) is 11.0. The number of rotatable bonds is 8. The third kappa shape index (κ3) is 7.98. The molecule has 0 aromatic heterocycles. The molecule has 0 bridgehead atoms. The van der Waals surface area contributed by atoms with Crippen molar-refractivity contribution in [2.45, 2.75) is 32.1 Å². The van der Waals surface area contributed by atoms with E-state index in [1.54, 1.807) is 7.11 Å². The molecule has 0 aliphatic heterocycles. The van der Waals surface area contributed by atoms with Gasteiger partial charge >= 0.3 is 0 Å². The van der Waals surface area contributed by atoms with E-state index >= 15 is 0 Å². The summed E-state index contributed by atoms with van der Waals surface area (Å²) in [4.78, 5) is 4.99. The monoisotopic (exact) mass is 174 g/mol. The SMILES string of the molecule is CON(C)CCCCCCCN. The van der Waals surface area contributed by atoms with Crippen molar-refractivity contribution in [1.82, 2.24) is 5.06 Å². The van der Waals surface area contributed by atoms with Crippen LogP contribution in [0.4, 0.5) is 0 Å². The summed E-state index contributed by atoms with van der Waals surface area (Å²) >= 11 is 0. The van der Waals surface area contributed by atoms with Crippen LogP contribution in [0, 0.1) is 0 Å². The second-order valence-corrected chi connectivity index (χ2v) is 3.09. The number of hydroxylamine groups is 2. The highest BCUT2D eigenvalue weighted by Crippen LogP contribution is 2.02. The van der Waals surface area contributed by atoms with Crippen LogP contribution in [0.1, 0.15) is 32.1 Å². The maximum atomic E-state index is 5.38. The molecule has 0 spiro atoms. The average molecular weight is 174 g/mol. The quantitative estimate of drug-likeness (QED) is 0.446. The van der Waals surface area contributed by atoms with Gasteiger partial charge in [-0.2, -0.15) is 5.06 Å². The van der Waals surface area contributed by atoms with E-state index in [-0.39, 0.29) is 0 Å². The first-order valence-electron chi connectivity index (χ1n) is 4.76. The van der Waals surface area contributed by atoms with Crippen LogP contribution >= 0.6 is 0 Å². The average Bonchev–Trinajstić information content (AvgIpc) is 2.10. The number of unbranched alkanes of at least 4 members (excludes halogenated alkanes) is 4. The fraction of sp³-hybridized carbons (Fsp3) is 1.00. The van der Waals surface area contributed by atoms with Crippen molar-refractivity contribution in [1.29, 1.82) is 0 Å². The minimum atomic E-state index is 0.831. The molecule has 74 valence electrons. The molecule has 0 fully saturated rings. The second kappa shape index (κ2) is 8.97. The first kappa shape index (κ1) is 11.9. The van der Waals surface area contributed by atoms with Crippen LogP contribution in [-0.2, 0) is 4.84 Å². The molecule has 0 atom stereocenters. The zero-order valence-electron chi connectivity index (χ0n) is 8.38. The third-order valence-corrected chi connectivity index (χ3v) is 1.99. The lowest BCUT2D eigenvalue weighted by Gasteiger charge is -2.12. The van der Waals surface area contributed by atoms with E-state index in [9.17, 15) is 0 Å². The zero-order valence-corrected chi connectivity index (χ0v) is 8.38. The summed E-state index contributed by atoms with van der Waals surface area (Å²) < 4.78 is 0. The summed E-state index contributed by atoms with van der Waals surface area (Å²) in [7, 11) is 3.66. The Balaban J connectivity index is 2.90. The van der Waals surface area contributed by atoms with Crippen molar-refractivity contribution in [3.63, 3.8) is 0 Å². The maximum absolute atomic E-state index is 5.38. The van der Waals surface area contributed by atoms with Gasteiger partial charge in [-0.15, -0.1) is 0 Å².